The number of carbonyl (C=O) groups excluding carboxylic acids is 1. The van der Waals surface area contributed by atoms with E-state index in [1.807, 2.05) is 27.7 Å². The Hall–Kier alpha value is -1.02. The van der Waals surface area contributed by atoms with Gasteiger partial charge in [0, 0.05) is 0 Å². The van der Waals surface area contributed by atoms with Crippen LogP contribution < -0.4 is 0 Å². The Morgan fingerprint density at radius 1 is 1.00 bits per heavy atom. The molecule has 0 saturated heterocycles. The number of methoxy groups -OCH3 is 1. The SMILES string of the molecule is COC(=O)c1c(C)c(C)c(C)c(C)c1Cl. The number of halogens is 1. The van der Waals surface area contributed by atoms with E-state index < -0.39 is 0 Å². The van der Waals surface area contributed by atoms with Gasteiger partial charge in [0.2, 0.25) is 0 Å². The summed E-state index contributed by atoms with van der Waals surface area (Å²) in [5, 5.41) is 0.502. The van der Waals surface area contributed by atoms with E-state index >= 15 is 0 Å². The minimum Gasteiger partial charge on any atom is -0.465 e. The van der Waals surface area contributed by atoms with Gasteiger partial charge in [-0.2, -0.15) is 0 Å². The minimum absolute atomic E-state index is 0.372. The van der Waals surface area contributed by atoms with Gasteiger partial charge in [-0.05, 0) is 49.9 Å². The topological polar surface area (TPSA) is 26.3 Å². The molecule has 0 heterocycles. The Morgan fingerprint density at radius 2 is 1.47 bits per heavy atom. The molecular weight excluding hydrogens is 212 g/mol. The molecule has 3 heteroatoms. The van der Waals surface area contributed by atoms with Gasteiger partial charge in [0.1, 0.15) is 0 Å². The molecule has 0 amide bonds. The van der Waals surface area contributed by atoms with Gasteiger partial charge in [0.25, 0.3) is 0 Å². The summed E-state index contributed by atoms with van der Waals surface area (Å²) in [6.07, 6.45) is 0. The fraction of sp³-hybridized carbons (Fsp3) is 0.417. The summed E-state index contributed by atoms with van der Waals surface area (Å²) >= 11 is 6.15. The monoisotopic (exact) mass is 226 g/mol. The van der Waals surface area contributed by atoms with Crippen LogP contribution in [-0.4, -0.2) is 13.1 Å². The van der Waals surface area contributed by atoms with Crippen LogP contribution >= 0.6 is 11.6 Å². The molecule has 0 N–H and O–H groups in total. The molecule has 0 bridgehead atoms. The summed E-state index contributed by atoms with van der Waals surface area (Å²) in [7, 11) is 1.36. The van der Waals surface area contributed by atoms with Crippen molar-refractivity contribution in [1.82, 2.24) is 0 Å². The Bertz CT molecular complexity index is 393. The molecule has 0 unspecified atom stereocenters. The van der Waals surface area contributed by atoms with Crippen LogP contribution in [0.3, 0.4) is 0 Å². The molecular formula is C12H15ClO2. The van der Waals surface area contributed by atoms with Crippen molar-refractivity contribution in [2.24, 2.45) is 0 Å². The van der Waals surface area contributed by atoms with Crippen LogP contribution in [0.4, 0.5) is 0 Å². The first-order valence-electron chi connectivity index (χ1n) is 4.76. The van der Waals surface area contributed by atoms with Gasteiger partial charge in [0.05, 0.1) is 17.7 Å². The van der Waals surface area contributed by atoms with Crippen LogP contribution in [0.25, 0.3) is 0 Å². The lowest BCUT2D eigenvalue weighted by molar-refractivity contribution is 0.0600. The largest absolute Gasteiger partial charge is 0.465 e. The van der Waals surface area contributed by atoms with Crippen LogP contribution in [0, 0.1) is 27.7 Å². The number of esters is 1. The minimum atomic E-state index is -0.372. The van der Waals surface area contributed by atoms with Crippen molar-refractivity contribution >= 4 is 17.6 Å². The highest BCUT2D eigenvalue weighted by Crippen LogP contribution is 2.30. The van der Waals surface area contributed by atoms with Crippen molar-refractivity contribution in [2.45, 2.75) is 27.7 Å². The molecule has 1 aromatic carbocycles. The average molecular weight is 227 g/mol. The number of carbonyl (C=O) groups is 1. The highest BCUT2D eigenvalue weighted by atomic mass is 35.5. The molecule has 0 atom stereocenters. The Morgan fingerprint density at radius 3 is 1.93 bits per heavy atom. The lowest BCUT2D eigenvalue weighted by atomic mass is 9.94. The second-order valence-corrected chi connectivity index (χ2v) is 4.06. The molecule has 0 fully saturated rings. The number of ether oxygens (including phenoxy) is 1. The van der Waals surface area contributed by atoms with Crippen molar-refractivity contribution in [3.05, 3.63) is 32.8 Å². The van der Waals surface area contributed by atoms with E-state index in [0.717, 1.165) is 22.3 Å². The van der Waals surface area contributed by atoms with E-state index in [4.69, 9.17) is 16.3 Å². The van der Waals surface area contributed by atoms with Crippen LogP contribution in [0.1, 0.15) is 32.6 Å². The summed E-state index contributed by atoms with van der Waals surface area (Å²) in [5.74, 6) is -0.372. The van der Waals surface area contributed by atoms with Gasteiger partial charge >= 0.3 is 5.97 Å². The number of rotatable bonds is 1. The van der Waals surface area contributed by atoms with Crippen LogP contribution in [0.15, 0.2) is 0 Å². The highest BCUT2D eigenvalue weighted by Gasteiger charge is 2.19. The molecule has 2 nitrogen and oxygen atoms in total. The molecule has 0 aliphatic rings. The van der Waals surface area contributed by atoms with Crippen molar-refractivity contribution in [3.63, 3.8) is 0 Å². The quantitative estimate of drug-likeness (QED) is 0.687. The Kier molecular flexibility index (Phi) is 3.40. The predicted molar refractivity (Wildman–Crippen MR) is 61.7 cm³/mol. The van der Waals surface area contributed by atoms with Gasteiger partial charge in [-0.1, -0.05) is 11.6 Å². The van der Waals surface area contributed by atoms with Gasteiger partial charge in [0.15, 0.2) is 0 Å². The van der Waals surface area contributed by atoms with Crippen LogP contribution in [0.2, 0.25) is 5.02 Å². The van der Waals surface area contributed by atoms with Gasteiger partial charge in [-0.3, -0.25) is 0 Å². The summed E-state index contributed by atoms with van der Waals surface area (Å²) in [5.41, 5.74) is 4.55. The van der Waals surface area contributed by atoms with E-state index in [2.05, 4.69) is 0 Å². The standard InChI is InChI=1S/C12H15ClO2/c1-6-7(2)9(4)11(13)10(8(6)3)12(14)15-5/h1-5H3. The second-order valence-electron chi connectivity index (χ2n) is 3.68. The first kappa shape index (κ1) is 12.1. The summed E-state index contributed by atoms with van der Waals surface area (Å²) in [6, 6.07) is 0. The Balaban J connectivity index is 3.60. The maximum absolute atomic E-state index is 11.6. The van der Waals surface area contributed by atoms with Crippen molar-refractivity contribution in [1.29, 1.82) is 0 Å². The molecule has 0 spiro atoms. The smallest absolute Gasteiger partial charge is 0.339 e. The molecule has 0 radical (unpaired) electrons. The van der Waals surface area contributed by atoms with Crippen molar-refractivity contribution in [3.8, 4) is 0 Å². The van der Waals surface area contributed by atoms with E-state index in [1.54, 1.807) is 0 Å². The average Bonchev–Trinajstić information content (AvgIpc) is 2.23. The third-order valence-electron chi connectivity index (χ3n) is 3.00. The fourth-order valence-electron chi connectivity index (χ4n) is 1.61. The van der Waals surface area contributed by atoms with Gasteiger partial charge in [-0.15, -0.1) is 0 Å². The van der Waals surface area contributed by atoms with Crippen molar-refractivity contribution in [2.75, 3.05) is 7.11 Å². The molecule has 0 aromatic heterocycles. The van der Waals surface area contributed by atoms with Crippen LogP contribution in [-0.2, 0) is 4.74 Å². The third kappa shape index (κ3) is 1.86. The highest BCUT2D eigenvalue weighted by molar-refractivity contribution is 6.34. The van der Waals surface area contributed by atoms with E-state index in [9.17, 15) is 4.79 Å². The summed E-state index contributed by atoms with van der Waals surface area (Å²) < 4.78 is 4.72. The molecule has 0 aliphatic carbocycles. The van der Waals surface area contributed by atoms with Gasteiger partial charge in [-0.25, -0.2) is 4.79 Å². The number of hydrogen-bond donors (Lipinski definition) is 0. The second kappa shape index (κ2) is 4.23. The van der Waals surface area contributed by atoms with E-state index in [1.165, 1.54) is 7.11 Å². The first-order valence-corrected chi connectivity index (χ1v) is 5.13. The third-order valence-corrected chi connectivity index (χ3v) is 3.47. The molecule has 0 saturated carbocycles. The normalized spacial score (nSPS) is 10.3. The van der Waals surface area contributed by atoms with Crippen molar-refractivity contribution < 1.29 is 9.53 Å². The van der Waals surface area contributed by atoms with Crippen LogP contribution in [0.5, 0.6) is 0 Å². The molecule has 1 aromatic rings. The summed E-state index contributed by atoms with van der Waals surface area (Å²) in [6.45, 7) is 7.79. The zero-order valence-electron chi connectivity index (χ0n) is 9.69. The summed E-state index contributed by atoms with van der Waals surface area (Å²) in [4.78, 5) is 11.6. The zero-order valence-corrected chi connectivity index (χ0v) is 10.5. The first-order chi connectivity index (χ1) is 6.91. The zero-order chi connectivity index (χ0) is 11.7. The maximum Gasteiger partial charge on any atom is 0.339 e. The number of benzene rings is 1. The molecule has 15 heavy (non-hydrogen) atoms. The molecule has 0 aliphatic heterocycles. The van der Waals surface area contributed by atoms with E-state index in [0.29, 0.717) is 10.6 Å². The molecule has 1 rings (SSSR count). The maximum atomic E-state index is 11.6. The lowest BCUT2D eigenvalue weighted by Gasteiger charge is -2.15. The van der Waals surface area contributed by atoms with Gasteiger partial charge < -0.3 is 4.74 Å². The molecule has 82 valence electrons. The van der Waals surface area contributed by atoms with E-state index in [-0.39, 0.29) is 5.97 Å². The number of hydrogen-bond acceptors (Lipinski definition) is 2. The lowest BCUT2D eigenvalue weighted by Crippen LogP contribution is -2.08. The predicted octanol–water partition coefficient (Wildman–Crippen LogP) is 3.36. The Labute approximate surface area is 95.2 Å². The fourth-order valence-corrected chi connectivity index (χ4v) is 1.97.